The molecule has 0 saturated carbocycles. The first-order valence-corrected chi connectivity index (χ1v) is 11.1. The van der Waals surface area contributed by atoms with Gasteiger partial charge in [-0.2, -0.15) is 8.78 Å². The van der Waals surface area contributed by atoms with Gasteiger partial charge in [0.15, 0.2) is 11.5 Å². The van der Waals surface area contributed by atoms with Crippen LogP contribution < -0.4 is 19.5 Å². The highest BCUT2D eigenvalue weighted by Crippen LogP contribution is 2.29. The molecule has 0 aliphatic carbocycles. The summed E-state index contributed by atoms with van der Waals surface area (Å²) in [4.78, 5) is 12.1. The molecule has 0 unspecified atom stereocenters. The summed E-state index contributed by atoms with van der Waals surface area (Å²) in [5.74, 6) is -0.230. The molecule has 1 amide bonds. The van der Waals surface area contributed by atoms with Crippen LogP contribution in [0.3, 0.4) is 0 Å². The quantitative estimate of drug-likeness (QED) is 0.542. The number of alkyl halides is 2. The molecule has 0 radical (unpaired) electrons. The minimum atomic E-state index is -3.70. The Morgan fingerprint density at radius 2 is 1.77 bits per heavy atom. The zero-order valence-corrected chi connectivity index (χ0v) is 18.4. The molecule has 10 heteroatoms. The van der Waals surface area contributed by atoms with Gasteiger partial charge in [0.25, 0.3) is 0 Å². The summed E-state index contributed by atoms with van der Waals surface area (Å²) in [6, 6.07) is 9.45. The highest BCUT2D eigenvalue weighted by molar-refractivity contribution is 7.89. The van der Waals surface area contributed by atoms with Crippen LogP contribution in [0.15, 0.2) is 41.3 Å². The first kappa shape index (κ1) is 24.5. The topological polar surface area (TPSA) is 93.7 Å². The number of amides is 1. The van der Waals surface area contributed by atoms with Crippen molar-refractivity contribution in [3.63, 3.8) is 0 Å². The Balaban J connectivity index is 1.80. The number of carbonyl (C=O) groups is 1. The second-order valence-corrected chi connectivity index (χ2v) is 8.62. The Labute approximate surface area is 180 Å². The summed E-state index contributed by atoms with van der Waals surface area (Å²) in [6.45, 7) is 0.950. The van der Waals surface area contributed by atoms with Gasteiger partial charge in [-0.1, -0.05) is 12.1 Å². The predicted octanol–water partition coefficient (Wildman–Crippen LogP) is 2.94. The van der Waals surface area contributed by atoms with Crippen LogP contribution in [-0.2, 0) is 21.2 Å². The lowest BCUT2D eigenvalue weighted by Crippen LogP contribution is -2.31. The van der Waals surface area contributed by atoms with Gasteiger partial charge in [0.1, 0.15) is 0 Å². The molecule has 0 bridgehead atoms. The van der Waals surface area contributed by atoms with Crippen molar-refractivity contribution in [2.45, 2.75) is 38.2 Å². The lowest BCUT2D eigenvalue weighted by molar-refractivity contribution is -0.120. The molecule has 0 fully saturated rings. The summed E-state index contributed by atoms with van der Waals surface area (Å²) >= 11 is 0. The number of nitrogens with one attached hydrogen (secondary N) is 2. The molecule has 0 aliphatic rings. The number of aryl methyl sites for hydroxylation is 2. The lowest BCUT2D eigenvalue weighted by atomic mass is 10.1. The Morgan fingerprint density at radius 3 is 2.42 bits per heavy atom. The SMILES string of the molecule is COc1ccc(CCNC(=O)CCNS(=O)(=O)c2ccc(C)c(C)c2)cc1OC(F)F. The van der Waals surface area contributed by atoms with Gasteiger partial charge < -0.3 is 14.8 Å². The van der Waals surface area contributed by atoms with Gasteiger partial charge in [-0.25, -0.2) is 13.1 Å². The van der Waals surface area contributed by atoms with E-state index in [9.17, 15) is 22.0 Å². The van der Waals surface area contributed by atoms with E-state index in [2.05, 4.69) is 14.8 Å². The number of halogens is 2. The van der Waals surface area contributed by atoms with Crippen LogP contribution in [0.5, 0.6) is 11.5 Å². The van der Waals surface area contributed by atoms with Gasteiger partial charge in [0.05, 0.1) is 12.0 Å². The molecule has 0 aliphatic heterocycles. The molecular formula is C21H26F2N2O5S. The van der Waals surface area contributed by atoms with Crippen molar-refractivity contribution >= 4 is 15.9 Å². The highest BCUT2D eigenvalue weighted by Gasteiger charge is 2.15. The summed E-state index contributed by atoms with van der Waals surface area (Å²) in [5, 5.41) is 2.67. The number of benzene rings is 2. The molecule has 7 nitrogen and oxygen atoms in total. The van der Waals surface area contributed by atoms with Crippen molar-refractivity contribution in [3.8, 4) is 11.5 Å². The predicted molar refractivity (Wildman–Crippen MR) is 112 cm³/mol. The molecule has 0 heterocycles. The maximum atomic E-state index is 12.5. The van der Waals surface area contributed by atoms with Gasteiger partial charge in [0.2, 0.25) is 15.9 Å². The monoisotopic (exact) mass is 456 g/mol. The summed E-state index contributed by atoms with van der Waals surface area (Å²) in [5.41, 5.74) is 2.52. The van der Waals surface area contributed by atoms with E-state index in [4.69, 9.17) is 4.74 Å². The van der Waals surface area contributed by atoms with E-state index in [1.54, 1.807) is 18.2 Å². The van der Waals surface area contributed by atoms with Crippen LogP contribution in [0.1, 0.15) is 23.1 Å². The molecule has 0 atom stereocenters. The Kier molecular flexibility index (Phi) is 8.76. The van der Waals surface area contributed by atoms with Crippen LogP contribution in [0.4, 0.5) is 8.78 Å². The van der Waals surface area contributed by atoms with Gasteiger partial charge in [-0.15, -0.1) is 0 Å². The van der Waals surface area contributed by atoms with Crippen LogP contribution in [0.25, 0.3) is 0 Å². The Hall–Kier alpha value is -2.72. The van der Waals surface area contributed by atoms with Crippen LogP contribution >= 0.6 is 0 Å². The van der Waals surface area contributed by atoms with Crippen molar-refractivity contribution in [3.05, 3.63) is 53.1 Å². The van der Waals surface area contributed by atoms with E-state index < -0.39 is 16.6 Å². The standard InChI is InChI=1S/C21H26F2N2O5S/c1-14-4-6-17(12-15(14)2)31(27,28)25-11-9-20(26)24-10-8-16-5-7-18(29-3)19(13-16)30-21(22)23/h4-7,12-13,21,25H,8-11H2,1-3H3,(H,24,26). The average Bonchev–Trinajstić information content (AvgIpc) is 2.69. The molecular weight excluding hydrogens is 430 g/mol. The van der Waals surface area contributed by atoms with E-state index >= 15 is 0 Å². The van der Waals surface area contributed by atoms with Crippen LogP contribution in [-0.4, -0.2) is 41.1 Å². The second kappa shape index (κ2) is 11.1. The third-order valence-electron chi connectivity index (χ3n) is 4.61. The zero-order chi connectivity index (χ0) is 23.0. The average molecular weight is 457 g/mol. The van der Waals surface area contributed by atoms with Gasteiger partial charge in [0, 0.05) is 19.5 Å². The molecule has 31 heavy (non-hydrogen) atoms. The number of methoxy groups -OCH3 is 1. The van der Waals surface area contributed by atoms with E-state index in [1.807, 2.05) is 13.8 Å². The van der Waals surface area contributed by atoms with Gasteiger partial charge in [-0.05, 0) is 61.2 Å². The first-order chi connectivity index (χ1) is 14.6. The number of hydrogen-bond donors (Lipinski definition) is 2. The molecule has 2 N–H and O–H groups in total. The van der Waals surface area contributed by atoms with Crippen molar-refractivity contribution in [1.82, 2.24) is 10.0 Å². The van der Waals surface area contributed by atoms with Gasteiger partial charge >= 0.3 is 6.61 Å². The molecule has 0 saturated heterocycles. The molecule has 2 rings (SSSR count). The third-order valence-corrected chi connectivity index (χ3v) is 6.07. The zero-order valence-electron chi connectivity index (χ0n) is 17.6. The van der Waals surface area contributed by atoms with Crippen molar-refractivity contribution < 1.29 is 31.5 Å². The fourth-order valence-electron chi connectivity index (χ4n) is 2.76. The fourth-order valence-corrected chi connectivity index (χ4v) is 3.88. The molecule has 0 aromatic heterocycles. The van der Waals surface area contributed by atoms with E-state index in [0.29, 0.717) is 12.0 Å². The van der Waals surface area contributed by atoms with Crippen molar-refractivity contribution in [2.75, 3.05) is 20.2 Å². The van der Waals surface area contributed by atoms with Crippen molar-refractivity contribution in [1.29, 1.82) is 0 Å². The number of hydrogen-bond acceptors (Lipinski definition) is 5. The minimum Gasteiger partial charge on any atom is -0.493 e. The normalized spacial score (nSPS) is 11.4. The van der Waals surface area contributed by atoms with E-state index in [0.717, 1.165) is 11.1 Å². The molecule has 2 aromatic carbocycles. The number of sulfonamides is 1. The summed E-state index contributed by atoms with van der Waals surface area (Å²) in [7, 11) is -2.35. The third kappa shape index (κ3) is 7.48. The minimum absolute atomic E-state index is 0.0353. The molecule has 170 valence electrons. The molecule has 2 aromatic rings. The van der Waals surface area contributed by atoms with Crippen LogP contribution in [0, 0.1) is 13.8 Å². The largest absolute Gasteiger partial charge is 0.493 e. The number of carbonyl (C=O) groups excluding carboxylic acids is 1. The fraction of sp³-hybridized carbons (Fsp3) is 0.381. The maximum absolute atomic E-state index is 12.5. The highest BCUT2D eigenvalue weighted by atomic mass is 32.2. The van der Waals surface area contributed by atoms with Crippen molar-refractivity contribution in [2.24, 2.45) is 0 Å². The first-order valence-electron chi connectivity index (χ1n) is 9.57. The maximum Gasteiger partial charge on any atom is 0.387 e. The Bertz CT molecular complexity index is 1010. The second-order valence-electron chi connectivity index (χ2n) is 6.86. The smallest absolute Gasteiger partial charge is 0.387 e. The van der Waals surface area contributed by atoms with Gasteiger partial charge in [-0.3, -0.25) is 4.79 Å². The molecule has 0 spiro atoms. The van der Waals surface area contributed by atoms with E-state index in [-0.39, 0.29) is 41.8 Å². The van der Waals surface area contributed by atoms with E-state index in [1.165, 1.54) is 25.3 Å². The number of ether oxygens (including phenoxy) is 2. The summed E-state index contributed by atoms with van der Waals surface area (Å²) < 4.78 is 61.4. The van der Waals surface area contributed by atoms with Crippen LogP contribution in [0.2, 0.25) is 0 Å². The lowest BCUT2D eigenvalue weighted by Gasteiger charge is -2.12. The number of rotatable bonds is 11. The Morgan fingerprint density at radius 1 is 1.03 bits per heavy atom. The summed E-state index contributed by atoms with van der Waals surface area (Å²) in [6.07, 6.45) is 0.343.